The smallest absolute Gasteiger partial charge is 0.253 e. The Labute approximate surface area is 143 Å². The second-order valence-corrected chi connectivity index (χ2v) is 6.16. The molecule has 2 amide bonds. The zero-order chi connectivity index (χ0) is 15.5. The summed E-state index contributed by atoms with van der Waals surface area (Å²) >= 11 is 0. The van der Waals surface area contributed by atoms with Gasteiger partial charge < -0.3 is 15.1 Å². The van der Waals surface area contributed by atoms with Crippen molar-refractivity contribution in [1.29, 1.82) is 0 Å². The third kappa shape index (κ3) is 3.85. The predicted molar refractivity (Wildman–Crippen MR) is 93.2 cm³/mol. The van der Waals surface area contributed by atoms with E-state index in [2.05, 4.69) is 5.32 Å². The summed E-state index contributed by atoms with van der Waals surface area (Å²) < 4.78 is 0. The molecule has 3 rings (SSSR count). The minimum Gasteiger partial charge on any atom is -0.338 e. The number of likely N-dealkylation sites (tertiary alicyclic amines) is 1. The second kappa shape index (κ2) is 7.79. The molecule has 2 saturated heterocycles. The van der Waals surface area contributed by atoms with E-state index in [0.29, 0.717) is 17.9 Å². The number of hydrogen-bond donors (Lipinski definition) is 1. The molecule has 1 N–H and O–H groups in total. The number of halogens is 1. The van der Waals surface area contributed by atoms with E-state index in [0.717, 1.165) is 44.7 Å². The van der Waals surface area contributed by atoms with Crippen molar-refractivity contribution in [2.45, 2.75) is 19.3 Å². The topological polar surface area (TPSA) is 52.7 Å². The van der Waals surface area contributed by atoms with Crippen molar-refractivity contribution < 1.29 is 9.59 Å². The Morgan fingerprint density at radius 3 is 2.61 bits per heavy atom. The average molecular weight is 338 g/mol. The molecule has 1 aromatic carbocycles. The highest BCUT2D eigenvalue weighted by atomic mass is 35.5. The standard InChI is InChI=1S/C17H23N3O2.ClH/c1-18-11-13-8-10-19(12-13)17(22)14-4-6-15(7-5-14)20-9-2-3-16(20)21;/h4-7,13,18H,2-3,8-12H2,1H3;1H. The van der Waals surface area contributed by atoms with Gasteiger partial charge in [0.15, 0.2) is 0 Å². The van der Waals surface area contributed by atoms with Crippen LogP contribution in [0.25, 0.3) is 0 Å². The van der Waals surface area contributed by atoms with Gasteiger partial charge in [-0.1, -0.05) is 0 Å². The fourth-order valence-corrected chi connectivity index (χ4v) is 3.36. The van der Waals surface area contributed by atoms with Crippen LogP contribution in [0.2, 0.25) is 0 Å². The van der Waals surface area contributed by atoms with E-state index >= 15 is 0 Å². The Morgan fingerprint density at radius 2 is 2.00 bits per heavy atom. The molecular weight excluding hydrogens is 314 g/mol. The van der Waals surface area contributed by atoms with Crippen LogP contribution in [0, 0.1) is 5.92 Å². The Morgan fingerprint density at radius 1 is 1.26 bits per heavy atom. The van der Waals surface area contributed by atoms with Crippen LogP contribution in [0.1, 0.15) is 29.6 Å². The van der Waals surface area contributed by atoms with Gasteiger partial charge in [0.1, 0.15) is 0 Å². The van der Waals surface area contributed by atoms with Gasteiger partial charge in [-0.2, -0.15) is 0 Å². The first-order chi connectivity index (χ1) is 10.7. The molecule has 0 saturated carbocycles. The van der Waals surface area contributed by atoms with Crippen molar-refractivity contribution in [3.05, 3.63) is 29.8 Å². The van der Waals surface area contributed by atoms with Crippen LogP contribution in [0.5, 0.6) is 0 Å². The lowest BCUT2D eigenvalue weighted by Crippen LogP contribution is -2.30. The first-order valence-corrected chi connectivity index (χ1v) is 8.03. The molecule has 5 nitrogen and oxygen atoms in total. The number of nitrogens with zero attached hydrogens (tertiary/aromatic N) is 2. The second-order valence-electron chi connectivity index (χ2n) is 6.16. The monoisotopic (exact) mass is 337 g/mol. The molecule has 1 atom stereocenters. The molecule has 0 bridgehead atoms. The number of nitrogens with one attached hydrogen (secondary N) is 1. The molecule has 1 unspecified atom stereocenters. The van der Waals surface area contributed by atoms with Crippen molar-refractivity contribution in [3.63, 3.8) is 0 Å². The average Bonchev–Trinajstić information content (AvgIpc) is 3.16. The molecule has 2 heterocycles. The van der Waals surface area contributed by atoms with Crippen molar-refractivity contribution in [2.75, 3.05) is 38.1 Å². The third-order valence-electron chi connectivity index (χ3n) is 4.57. The van der Waals surface area contributed by atoms with Gasteiger partial charge >= 0.3 is 0 Å². The van der Waals surface area contributed by atoms with Crippen molar-refractivity contribution in [2.24, 2.45) is 5.92 Å². The highest BCUT2D eigenvalue weighted by molar-refractivity contribution is 5.97. The van der Waals surface area contributed by atoms with Crippen LogP contribution < -0.4 is 10.2 Å². The lowest BCUT2D eigenvalue weighted by atomic mass is 10.1. The molecule has 0 aliphatic carbocycles. The van der Waals surface area contributed by atoms with Crippen LogP contribution >= 0.6 is 12.4 Å². The zero-order valence-corrected chi connectivity index (χ0v) is 14.3. The van der Waals surface area contributed by atoms with Crippen LogP contribution in [-0.4, -0.2) is 49.9 Å². The van der Waals surface area contributed by atoms with Gasteiger partial charge in [0, 0.05) is 37.3 Å². The summed E-state index contributed by atoms with van der Waals surface area (Å²) in [5.41, 5.74) is 1.61. The quantitative estimate of drug-likeness (QED) is 0.913. The molecule has 0 radical (unpaired) electrons. The maximum Gasteiger partial charge on any atom is 0.253 e. The summed E-state index contributed by atoms with van der Waals surface area (Å²) in [5.74, 6) is 0.821. The van der Waals surface area contributed by atoms with Gasteiger partial charge in [0.2, 0.25) is 5.91 Å². The highest BCUT2D eigenvalue weighted by Gasteiger charge is 2.27. The van der Waals surface area contributed by atoms with Crippen LogP contribution in [-0.2, 0) is 4.79 Å². The maximum atomic E-state index is 12.5. The molecule has 1 aromatic rings. The number of rotatable bonds is 4. The summed E-state index contributed by atoms with van der Waals surface area (Å²) in [6.07, 6.45) is 2.61. The first-order valence-electron chi connectivity index (χ1n) is 8.03. The van der Waals surface area contributed by atoms with Gasteiger partial charge in [0.05, 0.1) is 0 Å². The van der Waals surface area contributed by atoms with E-state index in [1.165, 1.54) is 0 Å². The number of amides is 2. The first kappa shape index (κ1) is 17.8. The molecule has 126 valence electrons. The normalized spacial score (nSPS) is 20.7. The van der Waals surface area contributed by atoms with Crippen molar-refractivity contribution in [3.8, 4) is 0 Å². The largest absolute Gasteiger partial charge is 0.338 e. The number of hydrogen-bond acceptors (Lipinski definition) is 3. The summed E-state index contributed by atoms with van der Waals surface area (Å²) in [4.78, 5) is 28.0. The van der Waals surface area contributed by atoms with Gasteiger partial charge in [-0.05, 0) is 56.6 Å². The zero-order valence-electron chi connectivity index (χ0n) is 13.5. The van der Waals surface area contributed by atoms with E-state index in [9.17, 15) is 9.59 Å². The minimum absolute atomic E-state index is 0. The van der Waals surface area contributed by atoms with Crippen molar-refractivity contribution in [1.82, 2.24) is 10.2 Å². The van der Waals surface area contributed by atoms with Crippen molar-refractivity contribution >= 4 is 29.9 Å². The van der Waals surface area contributed by atoms with E-state index < -0.39 is 0 Å². The molecule has 0 aromatic heterocycles. The minimum atomic E-state index is 0. The number of anilines is 1. The van der Waals surface area contributed by atoms with Gasteiger partial charge in [-0.3, -0.25) is 9.59 Å². The number of benzene rings is 1. The Bertz CT molecular complexity index is 561. The summed E-state index contributed by atoms with van der Waals surface area (Å²) in [6, 6.07) is 7.46. The molecule has 2 fully saturated rings. The lowest BCUT2D eigenvalue weighted by Gasteiger charge is -2.18. The molecule has 0 spiro atoms. The highest BCUT2D eigenvalue weighted by Crippen LogP contribution is 2.23. The van der Waals surface area contributed by atoms with E-state index in [4.69, 9.17) is 0 Å². The molecule has 6 heteroatoms. The summed E-state index contributed by atoms with van der Waals surface area (Å²) in [5, 5.41) is 3.18. The van der Waals surface area contributed by atoms with Gasteiger partial charge in [-0.25, -0.2) is 0 Å². The lowest BCUT2D eigenvalue weighted by molar-refractivity contribution is -0.117. The fraction of sp³-hybridized carbons (Fsp3) is 0.529. The Balaban J connectivity index is 0.00000192. The Hall–Kier alpha value is -1.59. The maximum absolute atomic E-state index is 12.5. The SMILES string of the molecule is CNCC1CCN(C(=O)c2ccc(N3CCCC3=O)cc2)C1.Cl. The van der Waals surface area contributed by atoms with E-state index in [-0.39, 0.29) is 24.2 Å². The van der Waals surface area contributed by atoms with Crippen LogP contribution in [0.3, 0.4) is 0 Å². The third-order valence-corrected chi connectivity index (χ3v) is 4.57. The van der Waals surface area contributed by atoms with E-state index in [1.54, 1.807) is 4.90 Å². The van der Waals surface area contributed by atoms with Crippen LogP contribution in [0.15, 0.2) is 24.3 Å². The number of carbonyl (C=O) groups is 2. The fourth-order valence-electron chi connectivity index (χ4n) is 3.36. The molecule has 23 heavy (non-hydrogen) atoms. The summed E-state index contributed by atoms with van der Waals surface area (Å²) in [6.45, 7) is 3.40. The molecular formula is C17H24ClN3O2. The number of carbonyl (C=O) groups excluding carboxylic acids is 2. The Kier molecular flexibility index (Phi) is 6.02. The summed E-state index contributed by atoms with van der Waals surface area (Å²) in [7, 11) is 1.95. The molecule has 2 aliphatic heterocycles. The van der Waals surface area contributed by atoms with E-state index in [1.807, 2.05) is 36.2 Å². The molecule has 2 aliphatic rings. The predicted octanol–water partition coefficient (Wildman–Crippen LogP) is 1.92. The van der Waals surface area contributed by atoms with Gasteiger partial charge in [-0.15, -0.1) is 12.4 Å². The van der Waals surface area contributed by atoms with Gasteiger partial charge in [0.25, 0.3) is 5.91 Å². The van der Waals surface area contributed by atoms with Crippen LogP contribution in [0.4, 0.5) is 5.69 Å².